The molecule has 2 rings (SSSR count). The van der Waals surface area contributed by atoms with Crippen LogP contribution in [0.1, 0.15) is 31.7 Å². The molecule has 2 N–H and O–H groups in total. The lowest BCUT2D eigenvalue weighted by Crippen LogP contribution is -2.42. The van der Waals surface area contributed by atoms with Crippen molar-refractivity contribution >= 4 is 17.7 Å². The van der Waals surface area contributed by atoms with Gasteiger partial charge in [-0.05, 0) is 50.1 Å². The molecule has 1 fully saturated rings. The molecule has 2 atom stereocenters. The fourth-order valence-electron chi connectivity index (χ4n) is 2.56. The molecule has 5 heteroatoms. The van der Waals surface area contributed by atoms with Gasteiger partial charge in [0.2, 0.25) is 0 Å². The van der Waals surface area contributed by atoms with E-state index in [1.165, 1.54) is 31.4 Å². The maximum absolute atomic E-state index is 12.9. The van der Waals surface area contributed by atoms with E-state index >= 15 is 0 Å². The Labute approximate surface area is 130 Å². The fraction of sp³-hybridized carbons (Fsp3) is 0.562. The lowest BCUT2D eigenvalue weighted by atomic mass is 10.2. The Hall–Kier alpha value is -1.23. The molecule has 2 unspecified atom stereocenters. The maximum Gasteiger partial charge on any atom is 0.191 e. The molecule has 0 aromatic heterocycles. The first kappa shape index (κ1) is 16.1. The van der Waals surface area contributed by atoms with Gasteiger partial charge in [0.15, 0.2) is 5.96 Å². The van der Waals surface area contributed by atoms with Crippen LogP contribution in [0.4, 0.5) is 4.39 Å². The van der Waals surface area contributed by atoms with E-state index in [0.29, 0.717) is 12.6 Å². The number of hydrogen-bond donors (Lipinski definition) is 2. The van der Waals surface area contributed by atoms with Crippen LogP contribution < -0.4 is 10.6 Å². The van der Waals surface area contributed by atoms with Gasteiger partial charge >= 0.3 is 0 Å². The summed E-state index contributed by atoms with van der Waals surface area (Å²) in [7, 11) is 0. The highest BCUT2D eigenvalue weighted by Gasteiger charge is 2.24. The molecule has 1 aliphatic carbocycles. The lowest BCUT2D eigenvalue weighted by molar-refractivity contribution is 0.615. The molecule has 0 aliphatic heterocycles. The van der Waals surface area contributed by atoms with Crippen LogP contribution >= 0.6 is 11.8 Å². The van der Waals surface area contributed by atoms with Crippen molar-refractivity contribution in [3.63, 3.8) is 0 Å². The zero-order valence-corrected chi connectivity index (χ0v) is 13.5. The number of halogens is 1. The molecule has 116 valence electrons. The number of thioether (sulfide) groups is 1. The number of nitrogens with zero attached hydrogens (tertiary/aromatic N) is 1. The Kier molecular flexibility index (Phi) is 6.36. The van der Waals surface area contributed by atoms with E-state index < -0.39 is 0 Å². The van der Waals surface area contributed by atoms with Gasteiger partial charge in [-0.3, -0.25) is 0 Å². The van der Waals surface area contributed by atoms with Gasteiger partial charge in [0, 0.05) is 17.8 Å². The summed E-state index contributed by atoms with van der Waals surface area (Å²) in [6.07, 6.45) is 5.85. The Bertz CT molecular complexity index is 461. The average molecular weight is 309 g/mol. The molecule has 3 nitrogen and oxygen atoms in total. The smallest absolute Gasteiger partial charge is 0.191 e. The van der Waals surface area contributed by atoms with Crippen molar-refractivity contribution in [3.8, 4) is 0 Å². The van der Waals surface area contributed by atoms with E-state index in [1.54, 1.807) is 12.1 Å². The van der Waals surface area contributed by atoms with Gasteiger partial charge in [0.05, 0.1) is 6.54 Å². The molecule has 0 heterocycles. The summed E-state index contributed by atoms with van der Waals surface area (Å²) in [4.78, 5) is 4.59. The topological polar surface area (TPSA) is 36.4 Å². The maximum atomic E-state index is 12.9. The zero-order valence-electron chi connectivity index (χ0n) is 12.7. The van der Waals surface area contributed by atoms with Gasteiger partial charge in [0.25, 0.3) is 0 Å². The minimum atomic E-state index is -0.207. The molecule has 0 bridgehead atoms. The highest BCUT2D eigenvalue weighted by Crippen LogP contribution is 2.28. The van der Waals surface area contributed by atoms with E-state index in [4.69, 9.17) is 0 Å². The first-order valence-corrected chi connectivity index (χ1v) is 8.82. The monoisotopic (exact) mass is 309 g/mol. The minimum absolute atomic E-state index is 0.207. The molecule has 0 radical (unpaired) electrons. The van der Waals surface area contributed by atoms with Crippen LogP contribution in [-0.2, 0) is 6.54 Å². The van der Waals surface area contributed by atoms with Gasteiger partial charge in [-0.1, -0.05) is 12.1 Å². The second-order valence-corrected chi connectivity index (χ2v) is 6.47. The molecule has 0 amide bonds. The molecule has 1 aromatic rings. The predicted molar refractivity (Wildman–Crippen MR) is 89.3 cm³/mol. The van der Waals surface area contributed by atoms with Crippen molar-refractivity contribution in [2.24, 2.45) is 4.99 Å². The van der Waals surface area contributed by atoms with E-state index in [2.05, 4.69) is 28.8 Å². The fourth-order valence-corrected chi connectivity index (χ4v) is 3.36. The highest BCUT2D eigenvalue weighted by atomic mass is 32.2. The summed E-state index contributed by atoms with van der Waals surface area (Å²) in [5, 5.41) is 7.56. The van der Waals surface area contributed by atoms with E-state index in [-0.39, 0.29) is 5.82 Å². The van der Waals surface area contributed by atoms with Crippen LogP contribution in [0.5, 0.6) is 0 Å². The van der Waals surface area contributed by atoms with Crippen LogP contribution in [0.15, 0.2) is 29.3 Å². The van der Waals surface area contributed by atoms with Gasteiger partial charge in [-0.15, -0.1) is 0 Å². The van der Waals surface area contributed by atoms with Crippen LogP contribution in [0.25, 0.3) is 0 Å². The van der Waals surface area contributed by atoms with Crippen LogP contribution in [0.2, 0.25) is 0 Å². The summed E-state index contributed by atoms with van der Waals surface area (Å²) in [5.41, 5.74) is 1.02. The Morgan fingerprint density at radius 3 is 2.71 bits per heavy atom. The predicted octanol–water partition coefficient (Wildman–Crippen LogP) is 3.16. The summed E-state index contributed by atoms with van der Waals surface area (Å²) in [6, 6.07) is 7.02. The number of nitrogens with one attached hydrogen (secondary N) is 2. The first-order valence-electron chi connectivity index (χ1n) is 7.53. The molecule has 1 aromatic carbocycles. The standard InChI is InChI=1S/C16H24FN3S/c1-3-18-16(20-14-8-9-15(10-14)21-2)19-11-12-4-6-13(17)7-5-12/h4-7,14-15H,3,8-11H2,1-2H3,(H2,18,19,20). The summed E-state index contributed by atoms with van der Waals surface area (Å²) in [5.74, 6) is 0.649. The SMILES string of the molecule is CCNC(=NCc1ccc(F)cc1)NC1CCC(SC)C1. The second kappa shape index (κ2) is 8.27. The van der Waals surface area contributed by atoms with Gasteiger partial charge in [-0.2, -0.15) is 11.8 Å². The largest absolute Gasteiger partial charge is 0.357 e. The number of aliphatic imine (C=N–C) groups is 1. The summed E-state index contributed by atoms with van der Waals surface area (Å²) >= 11 is 1.95. The lowest BCUT2D eigenvalue weighted by Gasteiger charge is -2.17. The molecule has 21 heavy (non-hydrogen) atoms. The number of hydrogen-bond acceptors (Lipinski definition) is 2. The van der Waals surface area contributed by atoms with Gasteiger partial charge < -0.3 is 10.6 Å². The summed E-state index contributed by atoms with van der Waals surface area (Å²) in [6.45, 7) is 3.47. The average Bonchev–Trinajstić information content (AvgIpc) is 2.94. The van der Waals surface area contributed by atoms with Crippen LogP contribution in [-0.4, -0.2) is 30.1 Å². The van der Waals surface area contributed by atoms with Crippen molar-refractivity contribution in [1.82, 2.24) is 10.6 Å². The first-order chi connectivity index (χ1) is 10.2. The van der Waals surface area contributed by atoms with Crippen molar-refractivity contribution in [3.05, 3.63) is 35.6 Å². The Morgan fingerprint density at radius 1 is 1.33 bits per heavy atom. The van der Waals surface area contributed by atoms with Crippen molar-refractivity contribution in [2.75, 3.05) is 12.8 Å². The number of rotatable bonds is 5. The number of benzene rings is 1. The minimum Gasteiger partial charge on any atom is -0.357 e. The Balaban J connectivity index is 1.91. The molecule has 0 spiro atoms. The zero-order chi connectivity index (χ0) is 15.1. The quantitative estimate of drug-likeness (QED) is 0.648. The van der Waals surface area contributed by atoms with E-state index in [1.807, 2.05) is 11.8 Å². The third-order valence-electron chi connectivity index (χ3n) is 3.74. The van der Waals surface area contributed by atoms with Crippen molar-refractivity contribution in [2.45, 2.75) is 44.0 Å². The third kappa shape index (κ3) is 5.23. The molecule has 0 saturated heterocycles. The molecule has 1 aliphatic rings. The van der Waals surface area contributed by atoms with Crippen molar-refractivity contribution in [1.29, 1.82) is 0 Å². The van der Waals surface area contributed by atoms with Crippen LogP contribution in [0, 0.1) is 5.82 Å². The van der Waals surface area contributed by atoms with Crippen LogP contribution in [0.3, 0.4) is 0 Å². The summed E-state index contributed by atoms with van der Waals surface area (Å²) < 4.78 is 12.9. The number of guanidine groups is 1. The molecular formula is C16H24FN3S. The van der Waals surface area contributed by atoms with E-state index in [9.17, 15) is 4.39 Å². The van der Waals surface area contributed by atoms with Crippen molar-refractivity contribution < 1.29 is 4.39 Å². The highest BCUT2D eigenvalue weighted by molar-refractivity contribution is 7.99. The Morgan fingerprint density at radius 2 is 2.10 bits per heavy atom. The normalized spacial score (nSPS) is 22.3. The van der Waals surface area contributed by atoms with Gasteiger partial charge in [-0.25, -0.2) is 9.38 Å². The molecular weight excluding hydrogens is 285 g/mol. The molecule has 1 saturated carbocycles. The van der Waals surface area contributed by atoms with Gasteiger partial charge in [0.1, 0.15) is 5.82 Å². The second-order valence-electron chi connectivity index (χ2n) is 5.33. The third-order valence-corrected chi connectivity index (χ3v) is 4.83. The van der Waals surface area contributed by atoms with E-state index in [0.717, 1.165) is 23.3 Å².